The van der Waals surface area contributed by atoms with Crippen molar-refractivity contribution in [2.75, 3.05) is 13.6 Å². The van der Waals surface area contributed by atoms with E-state index >= 15 is 0 Å². The lowest BCUT2D eigenvalue weighted by Crippen LogP contribution is -2.60. The molecular formula is C24H18ClNO6. The van der Waals surface area contributed by atoms with Crippen molar-refractivity contribution in [3.63, 3.8) is 0 Å². The molecule has 0 aliphatic carbocycles. The molecular weight excluding hydrogens is 434 g/mol. The molecule has 32 heavy (non-hydrogen) atoms. The smallest absolute Gasteiger partial charge is 0.267 e. The number of benzene rings is 3. The minimum absolute atomic E-state index is 0.0970. The van der Waals surface area contributed by atoms with Crippen molar-refractivity contribution >= 4 is 17.5 Å². The Balaban J connectivity index is 1.30. The molecule has 162 valence electrons. The van der Waals surface area contributed by atoms with Gasteiger partial charge in [0.25, 0.3) is 5.91 Å². The van der Waals surface area contributed by atoms with Gasteiger partial charge in [0.15, 0.2) is 23.0 Å². The minimum atomic E-state index is -0.662. The molecule has 3 heterocycles. The van der Waals surface area contributed by atoms with Gasteiger partial charge in [0.05, 0.1) is 0 Å². The van der Waals surface area contributed by atoms with Gasteiger partial charge < -0.3 is 28.6 Å². The van der Waals surface area contributed by atoms with Crippen molar-refractivity contribution in [1.29, 1.82) is 0 Å². The predicted octanol–water partition coefficient (Wildman–Crippen LogP) is 4.33. The average Bonchev–Trinajstić information content (AvgIpc) is 3.47. The molecule has 3 aromatic rings. The van der Waals surface area contributed by atoms with E-state index in [-0.39, 0.29) is 25.5 Å². The van der Waals surface area contributed by atoms with Gasteiger partial charge in [-0.25, -0.2) is 0 Å². The molecule has 0 aromatic heterocycles. The molecule has 0 saturated carbocycles. The fourth-order valence-electron chi connectivity index (χ4n) is 4.16. The summed E-state index contributed by atoms with van der Waals surface area (Å²) in [4.78, 5) is 14.9. The number of hydrogen-bond acceptors (Lipinski definition) is 6. The summed E-state index contributed by atoms with van der Waals surface area (Å²) in [7, 11) is 0. The summed E-state index contributed by atoms with van der Waals surface area (Å²) in [6.45, 7) is 0.807. The van der Waals surface area contributed by atoms with E-state index in [0.29, 0.717) is 40.3 Å². The van der Waals surface area contributed by atoms with Gasteiger partial charge in [-0.15, -0.1) is 0 Å². The van der Waals surface area contributed by atoms with Crippen LogP contribution in [0.1, 0.15) is 17.2 Å². The summed E-state index contributed by atoms with van der Waals surface area (Å²) in [6.07, 6.45) is -0.662. The van der Waals surface area contributed by atoms with Crippen molar-refractivity contribution in [2.24, 2.45) is 0 Å². The first-order valence-electron chi connectivity index (χ1n) is 10.2. The van der Waals surface area contributed by atoms with Crippen molar-refractivity contribution in [3.05, 3.63) is 76.8 Å². The zero-order valence-electron chi connectivity index (χ0n) is 16.8. The summed E-state index contributed by atoms with van der Waals surface area (Å²) in [5, 5.41) is 0.606. The predicted molar refractivity (Wildman–Crippen MR) is 114 cm³/mol. The van der Waals surface area contributed by atoms with E-state index in [1.807, 2.05) is 36.4 Å². The molecule has 3 aliphatic heterocycles. The Labute approximate surface area is 189 Å². The van der Waals surface area contributed by atoms with Crippen LogP contribution in [-0.2, 0) is 11.3 Å². The van der Waals surface area contributed by atoms with Crippen LogP contribution < -0.4 is 23.7 Å². The number of β-lactam (4-membered cyclic amide) rings is 1. The van der Waals surface area contributed by atoms with Crippen molar-refractivity contribution in [2.45, 2.75) is 18.7 Å². The van der Waals surface area contributed by atoms with E-state index in [4.69, 9.17) is 35.3 Å². The van der Waals surface area contributed by atoms with Crippen LogP contribution in [0.4, 0.5) is 0 Å². The third kappa shape index (κ3) is 3.26. The molecule has 0 spiro atoms. The van der Waals surface area contributed by atoms with Gasteiger partial charge in [-0.1, -0.05) is 23.7 Å². The van der Waals surface area contributed by atoms with Crippen molar-refractivity contribution in [1.82, 2.24) is 4.90 Å². The molecule has 1 saturated heterocycles. The van der Waals surface area contributed by atoms with E-state index in [2.05, 4.69) is 0 Å². The van der Waals surface area contributed by atoms with Gasteiger partial charge in [0.2, 0.25) is 19.7 Å². The number of carbonyl (C=O) groups excluding carboxylic acids is 1. The monoisotopic (exact) mass is 451 g/mol. The molecule has 7 nitrogen and oxygen atoms in total. The average molecular weight is 452 g/mol. The normalized spacial score (nSPS) is 20.3. The minimum Gasteiger partial charge on any atom is -0.478 e. The Morgan fingerprint density at radius 2 is 1.50 bits per heavy atom. The number of amides is 1. The number of carbonyl (C=O) groups is 1. The second kappa shape index (κ2) is 7.53. The van der Waals surface area contributed by atoms with Crippen LogP contribution in [0.15, 0.2) is 60.7 Å². The summed E-state index contributed by atoms with van der Waals surface area (Å²) < 4.78 is 27.9. The highest BCUT2D eigenvalue weighted by Crippen LogP contribution is 2.43. The third-order valence-corrected chi connectivity index (χ3v) is 6.01. The number of likely N-dealkylation sites (tertiary alicyclic amines) is 1. The van der Waals surface area contributed by atoms with Crippen molar-refractivity contribution < 1.29 is 28.5 Å². The second-order valence-electron chi connectivity index (χ2n) is 7.70. The lowest BCUT2D eigenvalue weighted by molar-refractivity contribution is -0.165. The van der Waals surface area contributed by atoms with E-state index < -0.39 is 6.10 Å². The van der Waals surface area contributed by atoms with E-state index in [1.165, 1.54) is 0 Å². The molecule has 0 bridgehead atoms. The van der Waals surface area contributed by atoms with Gasteiger partial charge >= 0.3 is 0 Å². The highest BCUT2D eigenvalue weighted by molar-refractivity contribution is 6.30. The van der Waals surface area contributed by atoms with Crippen LogP contribution in [0.2, 0.25) is 5.02 Å². The van der Waals surface area contributed by atoms with E-state index in [9.17, 15) is 4.79 Å². The largest absolute Gasteiger partial charge is 0.478 e. The molecule has 0 unspecified atom stereocenters. The van der Waals surface area contributed by atoms with E-state index in [1.54, 1.807) is 29.2 Å². The lowest BCUT2D eigenvalue weighted by atomic mass is 9.89. The van der Waals surface area contributed by atoms with Crippen LogP contribution in [0.5, 0.6) is 28.7 Å². The van der Waals surface area contributed by atoms with Crippen LogP contribution in [-0.4, -0.2) is 30.5 Å². The quantitative estimate of drug-likeness (QED) is 0.538. The van der Waals surface area contributed by atoms with Gasteiger partial charge in [0.1, 0.15) is 11.8 Å². The number of hydrogen-bond donors (Lipinski definition) is 0. The second-order valence-corrected chi connectivity index (χ2v) is 8.14. The van der Waals surface area contributed by atoms with Crippen molar-refractivity contribution in [3.8, 4) is 28.7 Å². The number of nitrogens with zero attached hydrogens (tertiary/aromatic N) is 1. The number of ether oxygens (including phenoxy) is 5. The Hall–Kier alpha value is -3.58. The first-order chi connectivity index (χ1) is 15.7. The summed E-state index contributed by atoms with van der Waals surface area (Å²) in [6, 6.07) is 18.1. The Morgan fingerprint density at radius 3 is 2.25 bits per heavy atom. The topological polar surface area (TPSA) is 66.5 Å². The third-order valence-electron chi connectivity index (χ3n) is 5.75. The zero-order valence-corrected chi connectivity index (χ0v) is 17.6. The van der Waals surface area contributed by atoms with Crippen LogP contribution >= 0.6 is 11.6 Å². The van der Waals surface area contributed by atoms with Gasteiger partial charge in [-0.05, 0) is 59.7 Å². The molecule has 8 heteroatoms. The van der Waals surface area contributed by atoms with E-state index in [0.717, 1.165) is 11.1 Å². The van der Waals surface area contributed by atoms with Gasteiger partial charge in [0, 0.05) is 11.6 Å². The number of fused-ring (bicyclic) bond motifs is 2. The van der Waals surface area contributed by atoms with Gasteiger partial charge in [-0.2, -0.15) is 0 Å². The summed E-state index contributed by atoms with van der Waals surface area (Å²) in [5.41, 5.74) is 1.85. The standard InChI is InChI=1S/C24H18ClNO6/c25-16-3-5-17(6-4-16)32-23-22(15-2-8-19-21(10-15)31-13-29-19)26(24(23)27)11-14-1-7-18-20(9-14)30-12-28-18/h1-10,22-23H,11-13H2/t22-,23-/m0/s1. The van der Waals surface area contributed by atoms with Crippen LogP contribution in [0.3, 0.4) is 0 Å². The molecule has 0 radical (unpaired) electrons. The Bertz CT molecular complexity index is 1200. The maximum Gasteiger partial charge on any atom is 0.267 e. The first-order valence-corrected chi connectivity index (χ1v) is 10.5. The van der Waals surface area contributed by atoms with Gasteiger partial charge in [-0.3, -0.25) is 4.79 Å². The molecule has 1 amide bonds. The maximum absolute atomic E-state index is 13.2. The number of rotatable bonds is 5. The SMILES string of the molecule is O=C1[C@@H](Oc2ccc(Cl)cc2)[C@H](c2ccc3c(c2)OCO3)N1Cc1ccc2c(c1)OCO2. The highest BCUT2D eigenvalue weighted by Gasteiger charge is 2.50. The lowest BCUT2D eigenvalue weighted by Gasteiger charge is -2.46. The molecule has 3 aromatic carbocycles. The first kappa shape index (κ1) is 19.1. The Morgan fingerprint density at radius 1 is 0.844 bits per heavy atom. The Kier molecular flexibility index (Phi) is 4.50. The van der Waals surface area contributed by atoms with Crippen LogP contribution in [0, 0.1) is 0 Å². The number of halogens is 1. The summed E-state index contributed by atoms with van der Waals surface area (Å²) >= 11 is 5.98. The molecule has 1 fully saturated rings. The fourth-order valence-corrected chi connectivity index (χ4v) is 4.28. The fraction of sp³-hybridized carbons (Fsp3) is 0.208. The molecule has 6 rings (SSSR count). The zero-order chi connectivity index (χ0) is 21.7. The van der Waals surface area contributed by atoms with Crippen LogP contribution in [0.25, 0.3) is 0 Å². The maximum atomic E-state index is 13.2. The molecule has 3 aliphatic rings. The summed E-state index contributed by atoms with van der Waals surface area (Å²) in [5.74, 6) is 3.23. The molecule has 0 N–H and O–H groups in total. The molecule has 2 atom stereocenters. The highest BCUT2D eigenvalue weighted by atomic mass is 35.5.